The number of nitrogens with zero attached hydrogens (tertiary/aromatic N) is 2. The molecule has 4 rings (SSSR count). The summed E-state index contributed by atoms with van der Waals surface area (Å²) in [6.45, 7) is 0.799. The summed E-state index contributed by atoms with van der Waals surface area (Å²) in [6, 6.07) is 29.6. The Morgan fingerprint density at radius 1 is 0.818 bits per heavy atom. The number of rotatable bonds is 4. The van der Waals surface area contributed by atoms with Crippen molar-refractivity contribution in [3.05, 3.63) is 109 Å². The Balaban J connectivity index is 0.000000331. The summed E-state index contributed by atoms with van der Waals surface area (Å²) in [5.74, 6) is 0. The molecule has 5 nitrogen and oxygen atoms in total. The van der Waals surface area contributed by atoms with Gasteiger partial charge in [-0.1, -0.05) is 48.5 Å². The van der Waals surface area contributed by atoms with Gasteiger partial charge in [-0.3, -0.25) is 4.98 Å². The molecule has 0 N–H and O–H groups in total. The first-order chi connectivity index (χ1) is 15.6. The predicted molar refractivity (Wildman–Crippen MR) is 117 cm³/mol. The number of alkyl halides is 3. The van der Waals surface area contributed by atoms with Gasteiger partial charge in [-0.2, -0.15) is 17.7 Å². The van der Waals surface area contributed by atoms with Gasteiger partial charge in [-0.25, -0.2) is 8.42 Å². The Morgan fingerprint density at radius 3 is 1.91 bits per heavy atom. The van der Waals surface area contributed by atoms with Gasteiger partial charge in [0.15, 0.2) is 22.9 Å². The number of pyridine rings is 2. The highest BCUT2D eigenvalue weighted by Crippen LogP contribution is 2.24. The standard InChI is InChI=1S/C23H19N2.CHF3O3S/c1-3-9-20(10-4-1)22-13-15-25(18-19-8-7-14-24-17-19)23(16-22)21-11-5-2-6-12-21;2-1(3,4)8(5,6)7/h1-17H,18H2;(H,5,6,7)/q+1;/p-1. The van der Waals surface area contributed by atoms with E-state index in [4.69, 9.17) is 13.0 Å². The van der Waals surface area contributed by atoms with Crippen molar-refractivity contribution in [1.29, 1.82) is 0 Å². The van der Waals surface area contributed by atoms with Crippen molar-refractivity contribution in [2.24, 2.45) is 0 Å². The van der Waals surface area contributed by atoms with E-state index >= 15 is 0 Å². The number of halogens is 3. The van der Waals surface area contributed by atoms with E-state index in [0.29, 0.717) is 0 Å². The molecule has 0 unspecified atom stereocenters. The topological polar surface area (TPSA) is 74.0 Å². The zero-order valence-electron chi connectivity index (χ0n) is 17.2. The molecule has 0 saturated carbocycles. The summed E-state index contributed by atoms with van der Waals surface area (Å²) in [5.41, 5.74) is 0.412. The van der Waals surface area contributed by atoms with Crippen molar-refractivity contribution in [3.63, 3.8) is 0 Å². The first-order valence-corrected chi connectivity index (χ1v) is 11.1. The lowest BCUT2D eigenvalue weighted by Gasteiger charge is -2.08. The van der Waals surface area contributed by atoms with Gasteiger partial charge in [0.25, 0.3) is 0 Å². The molecular formula is C24H19F3N2O3S. The van der Waals surface area contributed by atoms with E-state index in [1.165, 1.54) is 27.9 Å². The third-order valence-electron chi connectivity index (χ3n) is 4.57. The Kier molecular flexibility index (Phi) is 7.57. The molecule has 2 heterocycles. The normalized spacial score (nSPS) is 11.4. The van der Waals surface area contributed by atoms with Gasteiger partial charge < -0.3 is 4.55 Å². The average Bonchev–Trinajstić information content (AvgIpc) is 2.80. The molecule has 4 aromatic rings. The summed E-state index contributed by atoms with van der Waals surface area (Å²) < 4.78 is 61.2. The van der Waals surface area contributed by atoms with Crippen molar-refractivity contribution >= 4 is 10.1 Å². The predicted octanol–water partition coefficient (Wildman–Crippen LogP) is 4.80. The van der Waals surface area contributed by atoms with Crippen LogP contribution in [0.4, 0.5) is 13.2 Å². The molecule has 0 spiro atoms. The van der Waals surface area contributed by atoms with E-state index in [2.05, 4.69) is 88.5 Å². The fourth-order valence-electron chi connectivity index (χ4n) is 3.02. The minimum absolute atomic E-state index is 0.799. The summed E-state index contributed by atoms with van der Waals surface area (Å²) >= 11 is 0. The lowest BCUT2D eigenvalue weighted by atomic mass is 10.0. The molecule has 2 aromatic heterocycles. The van der Waals surface area contributed by atoms with E-state index < -0.39 is 15.6 Å². The maximum Gasteiger partial charge on any atom is 0.485 e. The molecule has 0 aliphatic heterocycles. The maximum absolute atomic E-state index is 10.7. The third-order valence-corrected chi connectivity index (χ3v) is 5.14. The highest BCUT2D eigenvalue weighted by atomic mass is 32.2. The van der Waals surface area contributed by atoms with Crippen molar-refractivity contribution in [1.82, 2.24) is 4.98 Å². The summed E-state index contributed by atoms with van der Waals surface area (Å²) in [6.07, 6.45) is 5.90. The Bertz CT molecular complexity index is 1280. The lowest BCUT2D eigenvalue weighted by Crippen LogP contribution is -2.36. The zero-order valence-corrected chi connectivity index (χ0v) is 18.0. The van der Waals surface area contributed by atoms with Crippen LogP contribution >= 0.6 is 0 Å². The minimum Gasteiger partial charge on any atom is -0.741 e. The maximum atomic E-state index is 10.7. The van der Waals surface area contributed by atoms with Crippen LogP contribution in [0, 0.1) is 0 Å². The molecule has 0 bridgehead atoms. The third kappa shape index (κ3) is 6.71. The molecule has 0 aliphatic rings. The van der Waals surface area contributed by atoms with Crippen LogP contribution in [0.2, 0.25) is 0 Å². The van der Waals surface area contributed by atoms with Crippen LogP contribution in [0.5, 0.6) is 0 Å². The lowest BCUT2D eigenvalue weighted by molar-refractivity contribution is -0.677. The quantitative estimate of drug-likeness (QED) is 0.243. The molecular weight excluding hydrogens is 453 g/mol. The highest BCUT2D eigenvalue weighted by molar-refractivity contribution is 7.86. The van der Waals surface area contributed by atoms with E-state index in [-0.39, 0.29) is 0 Å². The van der Waals surface area contributed by atoms with Crippen LogP contribution in [0.3, 0.4) is 0 Å². The monoisotopic (exact) mass is 472 g/mol. The highest BCUT2D eigenvalue weighted by Gasteiger charge is 2.36. The Hall–Kier alpha value is -3.56. The van der Waals surface area contributed by atoms with Crippen molar-refractivity contribution < 1.29 is 30.7 Å². The summed E-state index contributed by atoms with van der Waals surface area (Å²) in [5, 5.41) is 0. The van der Waals surface area contributed by atoms with Crippen LogP contribution in [0.1, 0.15) is 5.56 Å². The molecule has 0 atom stereocenters. The van der Waals surface area contributed by atoms with Gasteiger partial charge in [0.05, 0.1) is 0 Å². The van der Waals surface area contributed by atoms with Crippen LogP contribution in [-0.2, 0) is 16.7 Å². The van der Waals surface area contributed by atoms with Gasteiger partial charge in [0.2, 0.25) is 5.69 Å². The Labute approximate surface area is 189 Å². The first kappa shape index (κ1) is 24.1. The van der Waals surface area contributed by atoms with E-state index in [9.17, 15) is 13.2 Å². The van der Waals surface area contributed by atoms with Gasteiger partial charge in [0.1, 0.15) is 0 Å². The number of hydrogen-bond acceptors (Lipinski definition) is 4. The minimum atomic E-state index is -6.09. The van der Waals surface area contributed by atoms with Gasteiger partial charge >= 0.3 is 5.51 Å². The van der Waals surface area contributed by atoms with Gasteiger partial charge in [-0.05, 0) is 35.4 Å². The largest absolute Gasteiger partial charge is 0.741 e. The van der Waals surface area contributed by atoms with Crippen molar-refractivity contribution in [2.45, 2.75) is 12.1 Å². The number of aromatic nitrogens is 2. The van der Waals surface area contributed by atoms with E-state index in [1.54, 1.807) is 0 Å². The molecule has 0 saturated heterocycles. The average molecular weight is 472 g/mol. The molecule has 0 radical (unpaired) electrons. The van der Waals surface area contributed by atoms with E-state index in [0.717, 1.165) is 6.54 Å². The summed E-state index contributed by atoms with van der Waals surface area (Å²) in [4.78, 5) is 4.24. The van der Waals surface area contributed by atoms with Crippen molar-refractivity contribution in [2.75, 3.05) is 0 Å². The SMILES string of the molecule is O=S(=O)([O-])C(F)(F)F.c1ccc(-c2cc[n+](Cc3cccnc3)c(-c3ccccc3)c2)cc1. The van der Waals surface area contributed by atoms with Crippen LogP contribution in [0.25, 0.3) is 22.4 Å². The molecule has 0 amide bonds. The molecule has 9 heteroatoms. The van der Waals surface area contributed by atoms with E-state index in [1.807, 2.05) is 24.5 Å². The second-order valence-electron chi connectivity index (χ2n) is 6.92. The molecule has 0 fully saturated rings. The molecule has 2 aromatic carbocycles. The Morgan fingerprint density at radius 2 is 1.39 bits per heavy atom. The van der Waals surface area contributed by atoms with Crippen LogP contribution < -0.4 is 4.57 Å². The fourth-order valence-corrected chi connectivity index (χ4v) is 3.02. The van der Waals surface area contributed by atoms with Gasteiger partial charge in [0, 0.05) is 35.7 Å². The second kappa shape index (κ2) is 10.4. The molecule has 33 heavy (non-hydrogen) atoms. The van der Waals surface area contributed by atoms with Crippen LogP contribution in [0.15, 0.2) is 104 Å². The molecule has 0 aliphatic carbocycles. The molecule has 170 valence electrons. The zero-order chi connectivity index (χ0) is 23.9. The second-order valence-corrected chi connectivity index (χ2v) is 8.29. The summed E-state index contributed by atoms with van der Waals surface area (Å²) in [7, 11) is -6.09. The van der Waals surface area contributed by atoms with Crippen LogP contribution in [-0.4, -0.2) is 23.5 Å². The number of hydrogen-bond donors (Lipinski definition) is 0. The van der Waals surface area contributed by atoms with Crippen molar-refractivity contribution in [3.8, 4) is 22.4 Å². The first-order valence-electron chi connectivity index (χ1n) is 9.70. The fraction of sp³-hybridized carbons (Fsp3) is 0.0833. The van der Waals surface area contributed by atoms with Gasteiger partial charge in [-0.15, -0.1) is 0 Å². The number of benzene rings is 2. The smallest absolute Gasteiger partial charge is 0.485 e.